The van der Waals surface area contributed by atoms with Crippen LogP contribution in [0.5, 0.6) is 0 Å². The summed E-state index contributed by atoms with van der Waals surface area (Å²) in [6, 6.07) is 1.88. The first kappa shape index (κ1) is 18.2. The first-order chi connectivity index (χ1) is 13.2. The van der Waals surface area contributed by atoms with E-state index in [1.165, 1.54) is 23.1 Å². The highest BCUT2D eigenvalue weighted by Crippen LogP contribution is 2.29. The second-order valence-electron chi connectivity index (χ2n) is 6.12. The monoisotopic (exact) mass is 405 g/mol. The number of thiazole rings is 1. The van der Waals surface area contributed by atoms with Crippen molar-refractivity contribution in [2.45, 2.75) is 37.6 Å². The minimum atomic E-state index is -0.123. The van der Waals surface area contributed by atoms with E-state index < -0.39 is 0 Å². The largest absolute Gasteiger partial charge is 0.469 e. The Kier molecular flexibility index (Phi) is 5.55. The van der Waals surface area contributed by atoms with E-state index in [0.717, 1.165) is 36.6 Å². The summed E-state index contributed by atoms with van der Waals surface area (Å²) in [5.41, 5.74) is 0.902. The van der Waals surface area contributed by atoms with Gasteiger partial charge in [0.05, 0.1) is 30.2 Å². The second kappa shape index (κ2) is 8.24. The second-order valence-corrected chi connectivity index (χ2v) is 7.95. The van der Waals surface area contributed by atoms with E-state index in [0.29, 0.717) is 16.8 Å². The SMILES string of the molecule is Cc1occc1-c1nnc(SCC(=O)Nc2nccs2)n1CC1CCCO1. The van der Waals surface area contributed by atoms with Gasteiger partial charge in [-0.2, -0.15) is 0 Å². The molecule has 1 fully saturated rings. The summed E-state index contributed by atoms with van der Waals surface area (Å²) < 4.78 is 13.2. The van der Waals surface area contributed by atoms with Crippen molar-refractivity contribution < 1.29 is 13.9 Å². The Bertz CT molecular complexity index is 900. The van der Waals surface area contributed by atoms with E-state index in [-0.39, 0.29) is 17.8 Å². The molecule has 0 radical (unpaired) electrons. The Morgan fingerprint density at radius 3 is 3.11 bits per heavy atom. The minimum Gasteiger partial charge on any atom is -0.469 e. The van der Waals surface area contributed by atoms with Crippen LogP contribution in [0.2, 0.25) is 0 Å². The zero-order chi connectivity index (χ0) is 18.6. The van der Waals surface area contributed by atoms with Crippen molar-refractivity contribution in [3.05, 3.63) is 29.7 Å². The number of nitrogens with zero attached hydrogens (tertiary/aromatic N) is 4. The predicted molar refractivity (Wildman–Crippen MR) is 103 cm³/mol. The minimum absolute atomic E-state index is 0.123. The van der Waals surface area contributed by atoms with Crippen molar-refractivity contribution in [1.29, 1.82) is 0 Å². The number of hydrogen-bond donors (Lipinski definition) is 1. The summed E-state index contributed by atoms with van der Waals surface area (Å²) >= 11 is 2.74. The molecule has 0 saturated carbocycles. The molecule has 3 aromatic heterocycles. The van der Waals surface area contributed by atoms with E-state index in [4.69, 9.17) is 9.15 Å². The molecule has 0 spiro atoms. The van der Waals surface area contributed by atoms with Gasteiger partial charge in [-0.1, -0.05) is 11.8 Å². The predicted octanol–water partition coefficient (Wildman–Crippen LogP) is 3.21. The average molecular weight is 406 g/mol. The van der Waals surface area contributed by atoms with Gasteiger partial charge in [0.1, 0.15) is 5.76 Å². The Hall–Kier alpha value is -2.17. The molecule has 142 valence electrons. The fourth-order valence-electron chi connectivity index (χ4n) is 2.94. The fraction of sp³-hybridized carbons (Fsp3) is 0.412. The molecule has 1 aliphatic heterocycles. The Morgan fingerprint density at radius 1 is 1.48 bits per heavy atom. The van der Waals surface area contributed by atoms with Gasteiger partial charge in [0.25, 0.3) is 0 Å². The van der Waals surface area contributed by atoms with E-state index in [9.17, 15) is 4.79 Å². The van der Waals surface area contributed by atoms with Crippen LogP contribution in [-0.2, 0) is 16.1 Å². The van der Waals surface area contributed by atoms with Crippen LogP contribution >= 0.6 is 23.1 Å². The number of ether oxygens (including phenoxy) is 1. The highest BCUT2D eigenvalue weighted by atomic mass is 32.2. The maximum Gasteiger partial charge on any atom is 0.236 e. The molecule has 1 N–H and O–H groups in total. The number of rotatable bonds is 7. The van der Waals surface area contributed by atoms with Gasteiger partial charge in [0, 0.05) is 18.2 Å². The van der Waals surface area contributed by atoms with Gasteiger partial charge in [0.2, 0.25) is 5.91 Å². The third-order valence-corrected chi connectivity index (χ3v) is 5.89. The van der Waals surface area contributed by atoms with Crippen molar-refractivity contribution in [3.63, 3.8) is 0 Å². The standard InChI is InChI=1S/C17H19N5O3S2/c1-11-13(4-7-24-11)15-20-21-17(22(15)9-12-3-2-6-25-12)27-10-14(23)19-16-18-5-8-26-16/h4-5,7-8,12H,2-3,6,9-10H2,1H3,(H,18,19,23). The van der Waals surface area contributed by atoms with Gasteiger partial charge in [-0.05, 0) is 25.8 Å². The van der Waals surface area contributed by atoms with E-state index in [1.54, 1.807) is 12.5 Å². The molecular formula is C17H19N5O3S2. The van der Waals surface area contributed by atoms with E-state index in [1.807, 2.05) is 22.9 Å². The zero-order valence-corrected chi connectivity index (χ0v) is 16.4. The van der Waals surface area contributed by atoms with Crippen LogP contribution in [0, 0.1) is 6.92 Å². The molecule has 4 heterocycles. The summed E-state index contributed by atoms with van der Waals surface area (Å²) in [5, 5.41) is 14.5. The van der Waals surface area contributed by atoms with E-state index in [2.05, 4.69) is 20.5 Å². The summed E-state index contributed by atoms with van der Waals surface area (Å²) in [6.45, 7) is 3.34. The zero-order valence-electron chi connectivity index (χ0n) is 14.8. The van der Waals surface area contributed by atoms with Gasteiger partial charge in [-0.25, -0.2) is 4.98 Å². The molecule has 1 amide bonds. The van der Waals surface area contributed by atoms with Crippen LogP contribution in [0.15, 0.2) is 33.5 Å². The molecule has 0 bridgehead atoms. The number of nitrogens with one attached hydrogen (secondary N) is 1. The van der Waals surface area contributed by atoms with Gasteiger partial charge in [0.15, 0.2) is 16.1 Å². The smallest absolute Gasteiger partial charge is 0.236 e. The van der Waals surface area contributed by atoms with Crippen LogP contribution in [-0.4, -0.2) is 44.1 Å². The Labute approximate surface area is 164 Å². The molecule has 0 aromatic carbocycles. The number of carbonyl (C=O) groups excluding carboxylic acids is 1. The Balaban J connectivity index is 1.51. The number of amides is 1. The molecule has 8 nitrogen and oxygen atoms in total. The molecule has 0 aliphatic carbocycles. The summed E-state index contributed by atoms with van der Waals surface area (Å²) in [7, 11) is 0. The summed E-state index contributed by atoms with van der Waals surface area (Å²) in [5.74, 6) is 1.63. The quantitative estimate of drug-likeness (QED) is 0.603. The van der Waals surface area contributed by atoms with Gasteiger partial charge >= 0.3 is 0 Å². The molecular weight excluding hydrogens is 386 g/mol. The highest BCUT2D eigenvalue weighted by Gasteiger charge is 2.23. The molecule has 1 atom stereocenters. The molecule has 1 unspecified atom stereocenters. The lowest BCUT2D eigenvalue weighted by atomic mass is 10.2. The van der Waals surface area contributed by atoms with Crippen molar-refractivity contribution in [2.75, 3.05) is 17.7 Å². The molecule has 1 saturated heterocycles. The van der Waals surface area contributed by atoms with Gasteiger partial charge in [-0.3, -0.25) is 9.36 Å². The van der Waals surface area contributed by atoms with Crippen molar-refractivity contribution in [2.24, 2.45) is 0 Å². The lowest BCUT2D eigenvalue weighted by Crippen LogP contribution is -2.18. The number of furan rings is 1. The number of anilines is 1. The van der Waals surface area contributed by atoms with Crippen molar-refractivity contribution >= 4 is 34.1 Å². The van der Waals surface area contributed by atoms with Crippen LogP contribution < -0.4 is 5.32 Å². The van der Waals surface area contributed by atoms with Gasteiger partial charge in [-0.15, -0.1) is 21.5 Å². The Morgan fingerprint density at radius 2 is 2.41 bits per heavy atom. The maximum atomic E-state index is 12.2. The molecule has 4 rings (SSSR count). The lowest BCUT2D eigenvalue weighted by Gasteiger charge is -2.14. The fourth-order valence-corrected chi connectivity index (χ4v) is 4.23. The maximum absolute atomic E-state index is 12.2. The summed E-state index contributed by atoms with van der Waals surface area (Å²) in [6.07, 6.45) is 5.51. The van der Waals surface area contributed by atoms with Crippen LogP contribution in [0.4, 0.5) is 5.13 Å². The molecule has 10 heteroatoms. The third-order valence-electron chi connectivity index (χ3n) is 4.24. The normalized spacial score (nSPS) is 16.7. The van der Waals surface area contributed by atoms with Crippen LogP contribution in [0.3, 0.4) is 0 Å². The number of hydrogen-bond acceptors (Lipinski definition) is 8. The van der Waals surface area contributed by atoms with E-state index >= 15 is 0 Å². The number of aryl methyl sites for hydroxylation is 1. The molecule has 27 heavy (non-hydrogen) atoms. The number of carbonyl (C=O) groups is 1. The summed E-state index contributed by atoms with van der Waals surface area (Å²) in [4.78, 5) is 16.2. The first-order valence-corrected chi connectivity index (χ1v) is 10.5. The van der Waals surface area contributed by atoms with Crippen molar-refractivity contribution in [1.82, 2.24) is 19.7 Å². The van der Waals surface area contributed by atoms with Crippen molar-refractivity contribution in [3.8, 4) is 11.4 Å². The molecule has 3 aromatic rings. The average Bonchev–Trinajstić information content (AvgIpc) is 3.42. The third kappa shape index (κ3) is 4.23. The number of thioether (sulfide) groups is 1. The first-order valence-electron chi connectivity index (χ1n) is 8.62. The van der Waals surface area contributed by atoms with Crippen LogP contribution in [0.1, 0.15) is 18.6 Å². The van der Waals surface area contributed by atoms with Crippen LogP contribution in [0.25, 0.3) is 11.4 Å². The molecule has 1 aliphatic rings. The lowest BCUT2D eigenvalue weighted by molar-refractivity contribution is -0.113. The van der Waals surface area contributed by atoms with Gasteiger partial charge < -0.3 is 14.5 Å². The topological polar surface area (TPSA) is 95.1 Å². The number of aromatic nitrogens is 4. The highest BCUT2D eigenvalue weighted by molar-refractivity contribution is 7.99.